The second kappa shape index (κ2) is 3.75. The third kappa shape index (κ3) is 1.80. The van der Waals surface area contributed by atoms with Crippen molar-refractivity contribution in [3.63, 3.8) is 0 Å². The minimum atomic E-state index is -0.384. The Balaban J connectivity index is 1.91. The molecule has 2 N–H and O–H groups in total. The molecule has 0 amide bonds. The Hall–Kier alpha value is -0.0900. The Morgan fingerprint density at radius 2 is 2.33 bits per heavy atom. The first-order valence-electron chi connectivity index (χ1n) is 4.33. The third-order valence-corrected chi connectivity index (χ3v) is 2.50. The summed E-state index contributed by atoms with van der Waals surface area (Å²) in [6.07, 6.45) is 8.08. The summed E-state index contributed by atoms with van der Waals surface area (Å²) in [6, 6.07) is 0. The maximum Gasteiger partial charge on any atom is 0.199 e. The van der Waals surface area contributed by atoms with Crippen molar-refractivity contribution < 1.29 is 4.74 Å². The first-order valence-corrected chi connectivity index (χ1v) is 4.77. The van der Waals surface area contributed by atoms with Gasteiger partial charge in [-0.15, -0.1) is 0 Å². The van der Waals surface area contributed by atoms with Crippen LogP contribution >= 0.6 is 11.6 Å². The van der Waals surface area contributed by atoms with Crippen molar-refractivity contribution >= 4 is 11.6 Å². The molecular formula is C8H13ClN2O. The van der Waals surface area contributed by atoms with E-state index in [9.17, 15) is 0 Å². The van der Waals surface area contributed by atoms with Crippen LogP contribution in [0.15, 0.2) is 12.2 Å². The molecule has 1 aliphatic carbocycles. The van der Waals surface area contributed by atoms with Gasteiger partial charge in [-0.1, -0.05) is 23.8 Å². The van der Waals surface area contributed by atoms with Gasteiger partial charge in [-0.3, -0.25) is 0 Å². The maximum atomic E-state index is 5.71. The smallest absolute Gasteiger partial charge is 0.199 e. The fraction of sp³-hybridized carbons (Fsp3) is 0.750. The molecule has 0 bridgehead atoms. The van der Waals surface area contributed by atoms with Gasteiger partial charge in [-0.25, -0.2) is 10.9 Å². The molecule has 3 unspecified atom stereocenters. The molecular weight excluding hydrogens is 176 g/mol. The van der Waals surface area contributed by atoms with Crippen molar-refractivity contribution in [1.82, 2.24) is 10.9 Å². The molecule has 3 atom stereocenters. The van der Waals surface area contributed by atoms with E-state index >= 15 is 0 Å². The van der Waals surface area contributed by atoms with Crippen molar-refractivity contribution in [2.24, 2.45) is 5.92 Å². The van der Waals surface area contributed by atoms with Gasteiger partial charge < -0.3 is 4.74 Å². The van der Waals surface area contributed by atoms with Crippen LogP contribution in [0.5, 0.6) is 0 Å². The fourth-order valence-electron chi connectivity index (χ4n) is 1.64. The Morgan fingerprint density at radius 3 is 2.92 bits per heavy atom. The van der Waals surface area contributed by atoms with Crippen molar-refractivity contribution in [3.05, 3.63) is 12.2 Å². The van der Waals surface area contributed by atoms with Gasteiger partial charge in [-0.2, -0.15) is 0 Å². The average Bonchev–Trinajstić information content (AvgIpc) is 2.54. The van der Waals surface area contributed by atoms with Crippen LogP contribution in [0.25, 0.3) is 0 Å². The predicted octanol–water partition coefficient (Wildman–Crippen LogP) is 1.32. The first kappa shape index (κ1) is 8.51. The number of rotatable bonds is 1. The normalized spacial score (nSPS) is 41.9. The van der Waals surface area contributed by atoms with Crippen LogP contribution in [0, 0.1) is 5.92 Å². The lowest BCUT2D eigenvalue weighted by atomic mass is 9.95. The molecule has 1 aliphatic heterocycles. The molecule has 0 saturated carbocycles. The Labute approximate surface area is 77.1 Å². The van der Waals surface area contributed by atoms with Crippen molar-refractivity contribution in [2.45, 2.75) is 31.2 Å². The first-order chi connectivity index (χ1) is 5.86. The standard InChI is InChI=1S/C8H13ClN2O/c9-8-11-10-7(12-8)6-4-2-1-3-5-6/h2,4,6-8,10-11H,1,3,5H2. The summed E-state index contributed by atoms with van der Waals surface area (Å²) in [5.74, 6) is 0.468. The number of halogens is 1. The molecule has 0 aromatic rings. The van der Waals surface area contributed by atoms with E-state index in [1.807, 2.05) is 0 Å². The van der Waals surface area contributed by atoms with E-state index in [1.165, 1.54) is 19.3 Å². The highest BCUT2D eigenvalue weighted by molar-refractivity contribution is 6.19. The lowest BCUT2D eigenvalue weighted by Crippen LogP contribution is -2.36. The largest absolute Gasteiger partial charge is 0.328 e. The highest BCUT2D eigenvalue weighted by Gasteiger charge is 2.28. The minimum Gasteiger partial charge on any atom is -0.328 e. The van der Waals surface area contributed by atoms with Crippen molar-refractivity contribution in [3.8, 4) is 0 Å². The number of hydrazine groups is 1. The van der Waals surface area contributed by atoms with E-state index in [-0.39, 0.29) is 11.9 Å². The summed E-state index contributed by atoms with van der Waals surface area (Å²) in [5, 5.41) is 0. The molecule has 68 valence electrons. The Morgan fingerprint density at radius 1 is 1.42 bits per heavy atom. The highest BCUT2D eigenvalue weighted by Crippen LogP contribution is 2.23. The molecule has 0 radical (unpaired) electrons. The van der Waals surface area contributed by atoms with Crippen LogP contribution in [0.4, 0.5) is 0 Å². The van der Waals surface area contributed by atoms with Gasteiger partial charge in [0, 0.05) is 5.92 Å². The Kier molecular flexibility index (Phi) is 2.66. The maximum absolute atomic E-state index is 5.71. The van der Waals surface area contributed by atoms with Crippen LogP contribution in [0.2, 0.25) is 0 Å². The molecule has 1 heterocycles. The summed E-state index contributed by atoms with van der Waals surface area (Å²) in [5.41, 5.74) is 5.46. The van der Waals surface area contributed by atoms with Gasteiger partial charge in [0.05, 0.1) is 0 Å². The molecule has 3 nitrogen and oxygen atoms in total. The monoisotopic (exact) mass is 188 g/mol. The lowest BCUT2D eigenvalue weighted by molar-refractivity contribution is 0.0450. The second-order valence-corrected chi connectivity index (χ2v) is 3.58. The number of nitrogens with one attached hydrogen (secondary N) is 2. The van der Waals surface area contributed by atoms with Gasteiger partial charge in [-0.05, 0) is 19.3 Å². The second-order valence-electron chi connectivity index (χ2n) is 3.18. The molecule has 4 heteroatoms. The van der Waals surface area contributed by atoms with Crippen LogP contribution in [0.1, 0.15) is 19.3 Å². The van der Waals surface area contributed by atoms with Gasteiger partial charge in [0.1, 0.15) is 6.23 Å². The topological polar surface area (TPSA) is 33.3 Å². The molecule has 0 spiro atoms. The molecule has 0 aromatic carbocycles. The molecule has 0 aromatic heterocycles. The number of ether oxygens (including phenoxy) is 1. The number of hydrogen-bond acceptors (Lipinski definition) is 3. The molecule has 2 rings (SSSR count). The average molecular weight is 189 g/mol. The SMILES string of the molecule is ClC1NNC(C2C=CCCC2)O1. The van der Waals surface area contributed by atoms with Crippen LogP contribution < -0.4 is 10.9 Å². The molecule has 1 saturated heterocycles. The zero-order chi connectivity index (χ0) is 8.39. The van der Waals surface area contributed by atoms with Crippen molar-refractivity contribution in [2.75, 3.05) is 0 Å². The highest BCUT2D eigenvalue weighted by atomic mass is 35.5. The van der Waals surface area contributed by atoms with Crippen LogP contribution in [0.3, 0.4) is 0 Å². The summed E-state index contributed by atoms with van der Waals surface area (Å²) in [4.78, 5) is 0. The van der Waals surface area contributed by atoms with Gasteiger partial charge >= 0.3 is 0 Å². The quantitative estimate of drug-likeness (QED) is 0.370. The summed E-state index contributed by atoms with van der Waals surface area (Å²) >= 11 is 5.71. The van der Waals surface area contributed by atoms with E-state index in [0.717, 1.165) is 0 Å². The van der Waals surface area contributed by atoms with Crippen LogP contribution in [-0.4, -0.2) is 11.9 Å². The van der Waals surface area contributed by atoms with E-state index in [0.29, 0.717) is 5.92 Å². The van der Waals surface area contributed by atoms with Crippen molar-refractivity contribution in [1.29, 1.82) is 0 Å². The van der Waals surface area contributed by atoms with Gasteiger partial charge in [0.25, 0.3) is 0 Å². The summed E-state index contributed by atoms with van der Waals surface area (Å²) in [6.45, 7) is 0. The summed E-state index contributed by atoms with van der Waals surface area (Å²) < 4.78 is 5.39. The lowest BCUT2D eigenvalue weighted by Gasteiger charge is -2.21. The molecule has 2 aliphatic rings. The fourth-order valence-corrected chi connectivity index (χ4v) is 1.82. The van der Waals surface area contributed by atoms with E-state index in [4.69, 9.17) is 16.3 Å². The van der Waals surface area contributed by atoms with Gasteiger partial charge in [0.15, 0.2) is 5.69 Å². The van der Waals surface area contributed by atoms with Crippen LogP contribution in [-0.2, 0) is 4.74 Å². The minimum absolute atomic E-state index is 0.0454. The van der Waals surface area contributed by atoms with Gasteiger partial charge in [0.2, 0.25) is 0 Å². The zero-order valence-electron chi connectivity index (χ0n) is 6.79. The zero-order valence-corrected chi connectivity index (χ0v) is 7.55. The molecule has 1 fully saturated rings. The molecule has 12 heavy (non-hydrogen) atoms. The number of allylic oxidation sites excluding steroid dienone is 1. The van der Waals surface area contributed by atoms with E-state index < -0.39 is 0 Å². The predicted molar refractivity (Wildman–Crippen MR) is 47.3 cm³/mol. The van der Waals surface area contributed by atoms with E-state index in [1.54, 1.807) is 0 Å². The third-order valence-electron chi connectivity index (χ3n) is 2.29. The Bertz CT molecular complexity index is 186. The number of hydrogen-bond donors (Lipinski definition) is 2. The van der Waals surface area contributed by atoms with E-state index in [2.05, 4.69) is 23.0 Å². The number of alkyl halides is 1. The summed E-state index contributed by atoms with van der Waals surface area (Å²) in [7, 11) is 0.